The Bertz CT molecular complexity index is 1640. The van der Waals surface area contributed by atoms with Gasteiger partial charge in [-0.25, -0.2) is 4.99 Å². The van der Waals surface area contributed by atoms with Gasteiger partial charge in [-0.05, 0) is 55.8 Å². The van der Waals surface area contributed by atoms with Gasteiger partial charge >= 0.3 is 0 Å². The molecule has 0 fully saturated rings. The standard InChI is InChI=1S/C26H18BrClN2O3S/c1-14-23(15(2)31)24(21-12-11-20(33-21)16-7-9-18(27)10-8-16)30-25(32)22(34-26(30)29-14)13-17-5-3-4-6-19(17)28/h3-13,24H,1-2H3/b22-13+/t24-/m1/s1. The molecule has 170 valence electrons. The number of hydrogen-bond acceptors (Lipinski definition) is 5. The Labute approximate surface area is 212 Å². The number of halogens is 2. The number of ketones is 1. The van der Waals surface area contributed by atoms with E-state index in [1.807, 2.05) is 54.6 Å². The van der Waals surface area contributed by atoms with Crippen LogP contribution < -0.4 is 14.9 Å². The maximum absolute atomic E-state index is 13.6. The van der Waals surface area contributed by atoms with E-state index in [4.69, 9.17) is 16.0 Å². The summed E-state index contributed by atoms with van der Waals surface area (Å²) in [4.78, 5) is 31.3. The number of hydrogen-bond donors (Lipinski definition) is 0. The minimum absolute atomic E-state index is 0.159. The van der Waals surface area contributed by atoms with Crippen LogP contribution in [0, 0.1) is 0 Å². The lowest BCUT2D eigenvalue weighted by Gasteiger charge is -2.22. The molecule has 5 nitrogen and oxygen atoms in total. The number of fused-ring (bicyclic) bond motifs is 1. The molecule has 2 aromatic heterocycles. The predicted molar refractivity (Wildman–Crippen MR) is 138 cm³/mol. The molecule has 4 aromatic rings. The first kappa shape index (κ1) is 22.8. The first-order valence-electron chi connectivity index (χ1n) is 10.5. The van der Waals surface area contributed by atoms with Crippen LogP contribution in [0.25, 0.3) is 17.4 Å². The number of thiazole rings is 1. The van der Waals surface area contributed by atoms with Crippen molar-refractivity contribution in [3.05, 3.63) is 112 Å². The summed E-state index contributed by atoms with van der Waals surface area (Å²) in [7, 11) is 0. The van der Waals surface area contributed by atoms with Gasteiger partial charge < -0.3 is 4.42 Å². The molecule has 1 aliphatic rings. The summed E-state index contributed by atoms with van der Waals surface area (Å²) in [5, 5.41) is 0.552. The average molecular weight is 554 g/mol. The summed E-state index contributed by atoms with van der Waals surface area (Å²) in [6, 6.07) is 18.0. The van der Waals surface area contributed by atoms with Crippen molar-refractivity contribution in [3.8, 4) is 11.3 Å². The molecular formula is C26H18BrClN2O3S. The molecular weight excluding hydrogens is 536 g/mol. The number of furan rings is 1. The van der Waals surface area contributed by atoms with E-state index in [1.54, 1.807) is 23.6 Å². The molecule has 5 rings (SSSR count). The van der Waals surface area contributed by atoms with E-state index in [9.17, 15) is 9.59 Å². The molecule has 0 saturated heterocycles. The highest BCUT2D eigenvalue weighted by atomic mass is 79.9. The maximum atomic E-state index is 13.6. The van der Waals surface area contributed by atoms with E-state index < -0.39 is 6.04 Å². The van der Waals surface area contributed by atoms with Gasteiger partial charge in [0.25, 0.3) is 5.56 Å². The summed E-state index contributed by atoms with van der Waals surface area (Å²) in [6.45, 7) is 3.27. The van der Waals surface area contributed by atoms with Crippen LogP contribution in [0.3, 0.4) is 0 Å². The van der Waals surface area contributed by atoms with Crippen molar-refractivity contribution in [2.45, 2.75) is 19.9 Å². The van der Waals surface area contributed by atoms with Crippen molar-refractivity contribution >= 4 is 50.7 Å². The molecule has 0 amide bonds. The molecule has 0 bridgehead atoms. The van der Waals surface area contributed by atoms with E-state index in [2.05, 4.69) is 20.9 Å². The third-order valence-corrected chi connectivity index (χ3v) is 7.47. The van der Waals surface area contributed by atoms with Crippen LogP contribution in [0.5, 0.6) is 0 Å². The second kappa shape index (κ2) is 8.98. The highest BCUT2D eigenvalue weighted by molar-refractivity contribution is 9.10. The first-order chi connectivity index (χ1) is 16.3. The van der Waals surface area contributed by atoms with Crippen molar-refractivity contribution in [2.24, 2.45) is 4.99 Å². The zero-order valence-corrected chi connectivity index (χ0v) is 21.4. The highest BCUT2D eigenvalue weighted by Crippen LogP contribution is 2.34. The molecule has 8 heteroatoms. The lowest BCUT2D eigenvalue weighted by atomic mass is 9.98. The summed E-state index contributed by atoms with van der Waals surface area (Å²) in [6.07, 6.45) is 1.76. The maximum Gasteiger partial charge on any atom is 0.271 e. The Hall–Kier alpha value is -3.00. The topological polar surface area (TPSA) is 64.6 Å². The highest BCUT2D eigenvalue weighted by Gasteiger charge is 2.33. The Kier molecular flexibility index (Phi) is 6.02. The molecule has 0 unspecified atom stereocenters. The van der Waals surface area contributed by atoms with Crippen molar-refractivity contribution in [3.63, 3.8) is 0 Å². The lowest BCUT2D eigenvalue weighted by Crippen LogP contribution is -2.39. The molecule has 3 heterocycles. The number of benzene rings is 2. The van der Waals surface area contributed by atoms with Crippen LogP contribution in [-0.2, 0) is 4.79 Å². The van der Waals surface area contributed by atoms with Gasteiger partial charge in [-0.3, -0.25) is 14.2 Å². The van der Waals surface area contributed by atoms with Crippen LogP contribution in [0.2, 0.25) is 5.02 Å². The summed E-state index contributed by atoms with van der Waals surface area (Å²) in [5.74, 6) is 0.995. The summed E-state index contributed by atoms with van der Waals surface area (Å²) >= 11 is 11.0. The fraction of sp³-hybridized carbons (Fsp3) is 0.115. The molecule has 0 aliphatic carbocycles. The fourth-order valence-electron chi connectivity index (χ4n) is 4.04. The number of aromatic nitrogens is 1. The number of nitrogens with zero attached hydrogens (tertiary/aromatic N) is 2. The van der Waals surface area contributed by atoms with Gasteiger partial charge in [-0.2, -0.15) is 0 Å². The first-order valence-corrected chi connectivity index (χ1v) is 12.5. The number of Topliss-reactive ketones (excluding diaryl/α,β-unsaturated/α-hetero) is 1. The molecule has 2 aromatic carbocycles. The van der Waals surface area contributed by atoms with Crippen LogP contribution >= 0.6 is 38.9 Å². The second-order valence-electron chi connectivity index (χ2n) is 7.87. The van der Waals surface area contributed by atoms with Crippen molar-refractivity contribution in [1.29, 1.82) is 0 Å². The normalized spacial score (nSPS) is 15.9. The van der Waals surface area contributed by atoms with Gasteiger partial charge in [0.2, 0.25) is 0 Å². The Morgan fingerprint density at radius 3 is 2.59 bits per heavy atom. The molecule has 34 heavy (non-hydrogen) atoms. The van der Waals surface area contributed by atoms with E-state index in [0.29, 0.717) is 37.1 Å². The van der Waals surface area contributed by atoms with E-state index >= 15 is 0 Å². The minimum Gasteiger partial charge on any atom is -0.458 e. The molecule has 0 N–H and O–H groups in total. The quantitative estimate of drug-likeness (QED) is 0.335. The molecule has 0 radical (unpaired) electrons. The molecule has 1 aliphatic heterocycles. The smallest absolute Gasteiger partial charge is 0.271 e. The van der Waals surface area contributed by atoms with Crippen LogP contribution in [0.1, 0.15) is 31.2 Å². The van der Waals surface area contributed by atoms with Gasteiger partial charge in [0.05, 0.1) is 4.53 Å². The second-order valence-corrected chi connectivity index (χ2v) is 10.2. The van der Waals surface area contributed by atoms with Gasteiger partial charge in [-0.15, -0.1) is 0 Å². The van der Waals surface area contributed by atoms with Crippen LogP contribution in [-0.4, -0.2) is 10.4 Å². The van der Waals surface area contributed by atoms with Crippen molar-refractivity contribution < 1.29 is 9.21 Å². The number of rotatable bonds is 4. The van der Waals surface area contributed by atoms with Gasteiger partial charge in [0, 0.05) is 26.3 Å². The average Bonchev–Trinajstić information content (AvgIpc) is 3.40. The molecule has 0 saturated carbocycles. The molecule has 0 spiro atoms. The Balaban J connectivity index is 1.70. The van der Waals surface area contributed by atoms with E-state index in [1.165, 1.54) is 18.3 Å². The van der Waals surface area contributed by atoms with Crippen molar-refractivity contribution in [1.82, 2.24) is 4.57 Å². The molecule has 1 atom stereocenters. The summed E-state index contributed by atoms with van der Waals surface area (Å²) < 4.78 is 9.19. The monoisotopic (exact) mass is 552 g/mol. The van der Waals surface area contributed by atoms with Gasteiger partial charge in [-0.1, -0.05) is 69.2 Å². The van der Waals surface area contributed by atoms with Crippen molar-refractivity contribution in [2.75, 3.05) is 0 Å². The fourth-order valence-corrected chi connectivity index (χ4v) is 5.53. The van der Waals surface area contributed by atoms with Crippen LogP contribution in [0.4, 0.5) is 0 Å². The number of carbonyl (C=O) groups is 1. The zero-order valence-electron chi connectivity index (χ0n) is 18.2. The number of allylic oxidation sites excluding steroid dienone is 2. The lowest BCUT2D eigenvalue weighted by molar-refractivity contribution is -0.114. The summed E-state index contributed by atoms with van der Waals surface area (Å²) in [5.41, 5.74) is 2.40. The minimum atomic E-state index is -0.702. The Morgan fingerprint density at radius 1 is 1.15 bits per heavy atom. The van der Waals surface area contributed by atoms with Gasteiger partial charge in [0.1, 0.15) is 17.6 Å². The number of carbonyl (C=O) groups excluding carboxylic acids is 1. The van der Waals surface area contributed by atoms with E-state index in [-0.39, 0.29) is 11.3 Å². The zero-order chi connectivity index (χ0) is 24.0. The van der Waals surface area contributed by atoms with E-state index in [0.717, 1.165) is 15.6 Å². The third-order valence-electron chi connectivity index (χ3n) is 5.62. The predicted octanol–water partition coefficient (Wildman–Crippen LogP) is 5.50. The largest absolute Gasteiger partial charge is 0.458 e. The third kappa shape index (κ3) is 4.04. The Morgan fingerprint density at radius 2 is 1.88 bits per heavy atom. The SMILES string of the molecule is CC(=O)C1=C(C)N=c2s/c(=C/c3ccccc3Cl)c(=O)n2[C@@H]1c1ccc(-c2ccc(Br)cc2)o1. The van der Waals surface area contributed by atoms with Gasteiger partial charge in [0.15, 0.2) is 10.6 Å². The van der Waals surface area contributed by atoms with Crippen LogP contribution in [0.15, 0.2) is 90.6 Å².